The number of nitriles is 1. The molecule has 210 valence electrons. The van der Waals surface area contributed by atoms with E-state index < -0.39 is 41.7 Å². The second kappa shape index (κ2) is 15.4. The maximum atomic E-state index is 12.5. The quantitative estimate of drug-likeness (QED) is 0.205. The first-order valence-electron chi connectivity index (χ1n) is 11.2. The van der Waals surface area contributed by atoms with Gasteiger partial charge in [0.1, 0.15) is 12.4 Å². The van der Waals surface area contributed by atoms with Crippen LogP contribution in [0.25, 0.3) is 0 Å². The molecule has 0 unspecified atom stereocenters. The predicted octanol–water partition coefficient (Wildman–Crippen LogP) is 3.88. The van der Waals surface area contributed by atoms with Gasteiger partial charge in [0, 0.05) is 6.42 Å². The molecule has 1 aromatic rings. The third-order valence-corrected chi connectivity index (χ3v) is 9.68. The minimum absolute atomic E-state index is 0.125. The van der Waals surface area contributed by atoms with Crippen LogP contribution in [0.5, 0.6) is 0 Å². The number of nitrogens with two attached hydrogens (primary N) is 1. The lowest BCUT2D eigenvalue weighted by atomic mass is 10.1. The molecule has 0 atom stereocenters. The van der Waals surface area contributed by atoms with Gasteiger partial charge >= 0.3 is 11.0 Å². The Hall–Kier alpha value is -1.86. The fourth-order valence-corrected chi connectivity index (χ4v) is 6.63. The monoisotopic (exact) mass is 571 g/mol. The molecular weight excluding hydrogens is 538 g/mol. The number of nitrogens with zero attached hydrogens (tertiary/aromatic N) is 3. The summed E-state index contributed by atoms with van der Waals surface area (Å²) >= 11 is 0. The zero-order chi connectivity index (χ0) is 28.0. The van der Waals surface area contributed by atoms with Crippen LogP contribution in [0.1, 0.15) is 64.2 Å². The van der Waals surface area contributed by atoms with Gasteiger partial charge in [-0.15, -0.1) is 0 Å². The van der Waals surface area contributed by atoms with Crippen molar-refractivity contribution in [2.45, 2.75) is 86.4 Å². The zero-order valence-electron chi connectivity index (χ0n) is 19.9. The van der Waals surface area contributed by atoms with Crippen molar-refractivity contribution in [1.29, 1.82) is 5.26 Å². The van der Waals surface area contributed by atoms with E-state index in [1.807, 2.05) is 30.3 Å². The summed E-state index contributed by atoms with van der Waals surface area (Å²) in [6, 6.07) is 2.12. The normalized spacial score (nSPS) is 12.8. The van der Waals surface area contributed by atoms with Gasteiger partial charge in [-0.25, -0.2) is 26.0 Å². The number of sulfone groups is 2. The van der Waals surface area contributed by atoms with Gasteiger partial charge in [-0.2, -0.15) is 31.6 Å². The highest BCUT2D eigenvalue weighted by Gasteiger charge is 2.62. The molecule has 0 aliphatic rings. The summed E-state index contributed by atoms with van der Waals surface area (Å²) in [6.07, 6.45) is 9.53. The van der Waals surface area contributed by atoms with Crippen LogP contribution in [0.2, 0.25) is 0 Å². The lowest BCUT2D eigenvalue weighted by Crippen LogP contribution is -2.44. The Kier molecular flexibility index (Phi) is 14.6. The van der Waals surface area contributed by atoms with E-state index in [1.54, 1.807) is 0 Å². The molecule has 0 spiro atoms. The van der Waals surface area contributed by atoms with Gasteiger partial charge < -0.3 is 5.73 Å². The Morgan fingerprint density at radius 2 is 1.36 bits per heavy atom. The molecule has 1 heterocycles. The molecule has 0 aliphatic heterocycles. The molecule has 8 nitrogen and oxygen atoms in total. The van der Waals surface area contributed by atoms with Gasteiger partial charge in [-0.05, 0) is 25.8 Å². The lowest BCUT2D eigenvalue weighted by Gasteiger charge is -2.20. The SMILES string of the molecule is C[n+]1ccn(CCCC#N)c1.NCCCCCCCCCC(S(=O)(=O)C(F)(F)F)S(=O)(=O)C(F)(F)F. The fraction of sp³-hybridized carbons (Fsp3) is 0.800. The van der Waals surface area contributed by atoms with E-state index in [0.717, 1.165) is 32.2 Å². The molecule has 0 aliphatic carbocycles. The van der Waals surface area contributed by atoms with Crippen LogP contribution in [0.3, 0.4) is 0 Å². The van der Waals surface area contributed by atoms with Crippen molar-refractivity contribution in [3.05, 3.63) is 18.7 Å². The number of aryl methyl sites for hydroxylation is 2. The second-order valence-electron chi connectivity index (χ2n) is 8.04. The molecule has 36 heavy (non-hydrogen) atoms. The number of hydrogen-bond donors (Lipinski definition) is 1. The van der Waals surface area contributed by atoms with E-state index in [-0.39, 0.29) is 12.8 Å². The Morgan fingerprint density at radius 1 is 0.889 bits per heavy atom. The minimum Gasteiger partial charge on any atom is -0.330 e. The first-order chi connectivity index (χ1) is 16.5. The second-order valence-corrected chi connectivity index (χ2v) is 12.6. The number of halogens is 6. The van der Waals surface area contributed by atoms with Crippen molar-refractivity contribution >= 4 is 19.7 Å². The molecular formula is C20H33F6N4O4S2+. The largest absolute Gasteiger partial charge is 0.498 e. The molecule has 1 aromatic heterocycles. The highest BCUT2D eigenvalue weighted by atomic mass is 32.3. The van der Waals surface area contributed by atoms with Gasteiger partial charge in [-0.3, -0.25) is 0 Å². The first-order valence-corrected chi connectivity index (χ1v) is 14.3. The number of alkyl halides is 6. The van der Waals surface area contributed by atoms with E-state index in [4.69, 9.17) is 11.0 Å². The molecule has 1 rings (SSSR count). The van der Waals surface area contributed by atoms with Crippen LogP contribution in [0.4, 0.5) is 26.3 Å². The van der Waals surface area contributed by atoms with Crippen LogP contribution < -0.4 is 10.3 Å². The van der Waals surface area contributed by atoms with Gasteiger partial charge in [0.2, 0.25) is 6.33 Å². The van der Waals surface area contributed by atoms with Crippen LogP contribution in [0, 0.1) is 11.3 Å². The van der Waals surface area contributed by atoms with Gasteiger partial charge in [0.15, 0.2) is 4.58 Å². The van der Waals surface area contributed by atoms with Crippen molar-refractivity contribution in [2.24, 2.45) is 12.8 Å². The molecule has 0 saturated carbocycles. The smallest absolute Gasteiger partial charge is 0.330 e. The van der Waals surface area contributed by atoms with Crippen molar-refractivity contribution < 1.29 is 47.7 Å². The Balaban J connectivity index is 0.000000918. The van der Waals surface area contributed by atoms with E-state index in [1.165, 1.54) is 0 Å². The molecule has 0 saturated heterocycles. The molecule has 0 radical (unpaired) electrons. The molecule has 0 amide bonds. The van der Waals surface area contributed by atoms with E-state index in [9.17, 15) is 43.2 Å². The standard InChI is InChI=1S/C12H21F6NO4S2.C8H12N3/c13-11(14,15)24(20,21)10(25(22,23)12(16,17)18)8-6-4-2-1-3-5-7-9-19;1-10-6-7-11(8-10)5-3-2-4-9/h10H,1-9,19H2;6-8H,2-3,5H2,1H3/q;+1. The van der Waals surface area contributed by atoms with Crippen LogP contribution in [-0.4, -0.2) is 43.5 Å². The summed E-state index contributed by atoms with van der Waals surface area (Å²) in [5, 5.41) is 8.29. The van der Waals surface area contributed by atoms with Gasteiger partial charge in [0.25, 0.3) is 19.7 Å². The average molecular weight is 572 g/mol. The molecule has 16 heteroatoms. The lowest BCUT2D eigenvalue weighted by molar-refractivity contribution is -0.671. The summed E-state index contributed by atoms with van der Waals surface area (Å²) in [7, 11) is -11.0. The number of unbranched alkanes of at least 4 members (excludes halogenated alkanes) is 7. The van der Waals surface area contributed by atoms with Crippen LogP contribution >= 0.6 is 0 Å². The third kappa shape index (κ3) is 11.5. The van der Waals surface area contributed by atoms with Crippen molar-refractivity contribution in [2.75, 3.05) is 6.54 Å². The Labute approximate surface area is 207 Å². The maximum Gasteiger partial charge on any atom is 0.498 e. The van der Waals surface area contributed by atoms with E-state index in [0.29, 0.717) is 25.8 Å². The average Bonchev–Trinajstić information content (AvgIpc) is 3.16. The third-order valence-electron chi connectivity index (χ3n) is 5.01. The van der Waals surface area contributed by atoms with E-state index in [2.05, 4.69) is 10.6 Å². The molecule has 0 aromatic carbocycles. The number of imidazole rings is 1. The topological polar surface area (TPSA) is 127 Å². The Bertz CT molecular complexity index is 972. The number of rotatable bonds is 14. The highest BCUT2D eigenvalue weighted by Crippen LogP contribution is 2.38. The zero-order valence-corrected chi connectivity index (χ0v) is 21.6. The van der Waals surface area contributed by atoms with Crippen LogP contribution in [0.15, 0.2) is 18.7 Å². The van der Waals surface area contributed by atoms with Crippen LogP contribution in [-0.2, 0) is 33.3 Å². The molecule has 0 fully saturated rings. The minimum atomic E-state index is -6.51. The van der Waals surface area contributed by atoms with E-state index >= 15 is 0 Å². The summed E-state index contributed by atoms with van der Waals surface area (Å²) in [5.41, 5.74) is -6.89. The van der Waals surface area contributed by atoms with Gasteiger partial charge in [0.05, 0.1) is 19.7 Å². The van der Waals surface area contributed by atoms with Crippen molar-refractivity contribution in [3.63, 3.8) is 0 Å². The molecule has 0 bridgehead atoms. The summed E-state index contributed by atoms with van der Waals surface area (Å²) in [4.78, 5) is 0. The fourth-order valence-electron chi connectivity index (χ4n) is 3.09. The molecule has 2 N–H and O–H groups in total. The summed E-state index contributed by atoms with van der Waals surface area (Å²) < 4.78 is 121. The number of hydrogen-bond acceptors (Lipinski definition) is 6. The first kappa shape index (κ1) is 34.1. The summed E-state index contributed by atoms with van der Waals surface area (Å²) in [6.45, 7) is 1.45. The van der Waals surface area contributed by atoms with Crippen molar-refractivity contribution in [3.8, 4) is 6.07 Å². The maximum absolute atomic E-state index is 12.5. The summed E-state index contributed by atoms with van der Waals surface area (Å²) in [5.74, 6) is 0. The predicted molar refractivity (Wildman–Crippen MR) is 120 cm³/mol. The number of aromatic nitrogens is 2. The van der Waals surface area contributed by atoms with Crippen molar-refractivity contribution in [1.82, 2.24) is 4.57 Å². The Morgan fingerprint density at radius 3 is 1.75 bits per heavy atom. The van der Waals surface area contributed by atoms with Gasteiger partial charge in [-0.1, -0.05) is 38.5 Å². The highest BCUT2D eigenvalue weighted by molar-refractivity contribution is 8.09.